The third kappa shape index (κ3) is 28.5. The van der Waals surface area contributed by atoms with Crippen LogP contribution in [-0.2, 0) is 24.9 Å². The van der Waals surface area contributed by atoms with Crippen LogP contribution in [0, 0.1) is 0 Å². The van der Waals surface area contributed by atoms with Gasteiger partial charge in [-0.3, -0.25) is 0 Å². The number of halogens is 2. The van der Waals surface area contributed by atoms with Gasteiger partial charge in [0.05, 0.1) is 23.7 Å². The summed E-state index contributed by atoms with van der Waals surface area (Å²) >= 11 is 8.53. The maximum Gasteiger partial charge on any atom is 0.0832 e. The summed E-state index contributed by atoms with van der Waals surface area (Å²) < 4.78 is 3.19. The predicted molar refractivity (Wildman–Crippen MR) is 24.3 cm³/mol. The Bertz CT molecular complexity index is 13.5. The van der Waals surface area contributed by atoms with E-state index in [0.29, 0.717) is 0 Å². The van der Waals surface area contributed by atoms with Crippen LogP contribution in [0.15, 0.2) is 0 Å². The van der Waals surface area contributed by atoms with Crippen molar-refractivity contribution < 1.29 is 24.9 Å². The Morgan fingerprint density at radius 1 is 1.17 bits per heavy atom. The van der Waals surface area contributed by atoms with Gasteiger partial charge in [0.15, 0.2) is 0 Å². The van der Waals surface area contributed by atoms with Crippen LogP contribution in [0.4, 0.5) is 0 Å². The Kier molecular flexibility index (Phi) is 95.2. The molecule has 6 heavy (non-hydrogen) atoms. The van der Waals surface area contributed by atoms with Crippen molar-refractivity contribution in [2.24, 2.45) is 0 Å². The summed E-state index contributed by atoms with van der Waals surface area (Å²) in [6.45, 7) is 0. The van der Waals surface area contributed by atoms with E-state index in [9.17, 15) is 0 Å². The Morgan fingerprint density at radius 2 is 1.17 bits per heavy atom. The minimum atomic E-state index is 0. The van der Waals surface area contributed by atoms with Gasteiger partial charge in [0.25, 0.3) is 0 Å². The van der Waals surface area contributed by atoms with E-state index >= 15 is 0 Å². The van der Waals surface area contributed by atoms with E-state index in [2.05, 4.69) is 27.6 Å². The maximum atomic E-state index is 4.26. The average Bonchev–Trinajstić information content (AvgIpc) is 0.918. The van der Waals surface area contributed by atoms with Crippen molar-refractivity contribution in [2.45, 2.75) is 0 Å². The number of hydrogen-bond acceptors (Lipinski definition) is 1. The number of hydrogen-bond donors (Lipinski definition) is 0. The number of rotatable bonds is 0. The minimum absolute atomic E-state index is 0. The zero-order valence-corrected chi connectivity index (χ0v) is 13.3. The molecule has 0 bridgehead atoms. The van der Waals surface area contributed by atoms with E-state index in [1.807, 2.05) is 0 Å². The van der Waals surface area contributed by atoms with Gasteiger partial charge in [0.2, 0.25) is 0 Å². The van der Waals surface area contributed by atoms with Gasteiger partial charge < -0.3 is 0 Å². The van der Waals surface area contributed by atoms with Crippen LogP contribution in [0.5, 0.6) is 0 Å². The predicted octanol–water partition coefficient (Wildman–Crippen LogP) is 0.546. The Balaban J connectivity index is -0.00000000667. The fourth-order valence-electron chi connectivity index (χ4n) is 0. The van der Waals surface area contributed by atoms with Gasteiger partial charge in [0.1, 0.15) is 0 Å². The molecule has 0 aromatic carbocycles. The Morgan fingerprint density at radius 3 is 1.17 bits per heavy atom. The van der Waals surface area contributed by atoms with Gasteiger partial charge in [-0.1, -0.05) is 0 Å². The molecule has 0 saturated heterocycles. The second-order valence-electron chi connectivity index (χ2n) is 0.0583. The summed E-state index contributed by atoms with van der Waals surface area (Å²) in [6.07, 6.45) is 0. The topological polar surface area (TPSA) is 9.23 Å². The molecule has 0 aliphatic heterocycles. The molecular weight excluding hydrogens is 598 g/mol. The molecule has 0 aliphatic carbocycles. The van der Waals surface area contributed by atoms with Crippen LogP contribution in [0.25, 0.3) is 0 Å². The molecule has 0 unspecified atom stereocenters. The molecule has 0 aromatic heterocycles. The standard InChI is InChI=1S/Bi.Cl2O.Sn.W/c;1-3-2;;. The largest absolute Gasteiger partial charge is 0.166 e. The molecule has 6 heteroatoms. The summed E-state index contributed by atoms with van der Waals surface area (Å²) in [5, 5.41) is 0. The molecule has 0 rings (SSSR count). The molecule has 0 spiro atoms. The van der Waals surface area contributed by atoms with Gasteiger partial charge >= 0.3 is 0 Å². The van der Waals surface area contributed by atoms with Crippen LogP contribution < -0.4 is 0 Å². The fraction of sp³-hybridized carbons (Fsp3) is 0. The summed E-state index contributed by atoms with van der Waals surface area (Å²) in [5.41, 5.74) is 0. The quantitative estimate of drug-likeness (QED) is 0.371. The third-order valence-corrected chi connectivity index (χ3v) is 0. The van der Waals surface area contributed by atoms with Gasteiger partial charge in [0, 0.05) is 71.2 Å². The molecule has 0 aliphatic rings. The van der Waals surface area contributed by atoms with Crippen LogP contribution in [0.3, 0.4) is 0 Å². The van der Waals surface area contributed by atoms with E-state index < -0.39 is 0 Å². The minimum Gasteiger partial charge on any atom is -0.166 e. The van der Waals surface area contributed by atoms with Gasteiger partial charge in [-0.25, -0.2) is 0 Å². The van der Waals surface area contributed by atoms with Crippen molar-refractivity contribution in [3.63, 3.8) is 0 Å². The SMILES string of the molecule is ClOCl.[Bi].[Sn].[W]. The van der Waals surface area contributed by atoms with E-state index in [0.717, 1.165) is 0 Å². The normalized spacial score (nSPS) is 3.00. The van der Waals surface area contributed by atoms with Gasteiger partial charge in [-0.15, -0.1) is 0 Å². The first-order valence-corrected chi connectivity index (χ1v) is 0.926. The van der Waals surface area contributed by atoms with Crippen molar-refractivity contribution in [1.82, 2.24) is 0 Å². The third-order valence-electron chi connectivity index (χ3n) is 0. The molecular formula is BiCl2OSnW. The van der Waals surface area contributed by atoms with Crippen LogP contribution in [0.1, 0.15) is 0 Å². The van der Waals surface area contributed by atoms with E-state index in [1.165, 1.54) is 0 Å². The van der Waals surface area contributed by atoms with Crippen molar-refractivity contribution in [1.29, 1.82) is 0 Å². The average molecular weight is 598 g/mol. The summed E-state index contributed by atoms with van der Waals surface area (Å²) in [4.78, 5) is 0. The Labute approximate surface area is 97.2 Å². The zero-order valence-electron chi connectivity index (χ0n) is 2.52. The van der Waals surface area contributed by atoms with Crippen molar-refractivity contribution in [2.75, 3.05) is 0 Å². The Hall–Kier alpha value is 2.91. The molecule has 0 atom stereocenters. The van der Waals surface area contributed by atoms with Crippen molar-refractivity contribution in [3.05, 3.63) is 0 Å². The first-order valence-electron chi connectivity index (χ1n) is 0.309. The van der Waals surface area contributed by atoms with Crippen molar-refractivity contribution in [3.8, 4) is 0 Å². The molecule has 0 heterocycles. The zero-order chi connectivity index (χ0) is 2.71. The summed E-state index contributed by atoms with van der Waals surface area (Å²) in [6, 6.07) is 0. The molecule has 0 aromatic rings. The maximum absolute atomic E-state index is 4.26. The first kappa shape index (κ1) is 23.1. The van der Waals surface area contributed by atoms with E-state index in [-0.39, 0.29) is 71.2 Å². The molecule has 0 N–H and O–H groups in total. The molecule has 0 fully saturated rings. The van der Waals surface area contributed by atoms with Crippen LogP contribution in [-0.4, -0.2) is 50.1 Å². The second kappa shape index (κ2) is 24.7. The molecule has 35 valence electrons. The van der Waals surface area contributed by atoms with Gasteiger partial charge in [-0.2, -0.15) is 3.84 Å². The fourth-order valence-corrected chi connectivity index (χ4v) is 0. The molecule has 0 amide bonds. The smallest absolute Gasteiger partial charge is 0.0832 e. The van der Waals surface area contributed by atoms with Crippen LogP contribution >= 0.6 is 23.7 Å². The summed E-state index contributed by atoms with van der Waals surface area (Å²) in [7, 11) is 0. The van der Waals surface area contributed by atoms with Crippen molar-refractivity contribution >= 4 is 73.8 Å². The van der Waals surface area contributed by atoms with Gasteiger partial charge in [-0.05, 0) is 0 Å². The monoisotopic (exact) mass is 599 g/mol. The van der Waals surface area contributed by atoms with E-state index in [1.54, 1.807) is 0 Å². The molecule has 7 radical (unpaired) electrons. The molecule has 0 saturated carbocycles. The van der Waals surface area contributed by atoms with Crippen LogP contribution in [0.2, 0.25) is 0 Å². The first-order chi connectivity index (χ1) is 1.41. The summed E-state index contributed by atoms with van der Waals surface area (Å²) in [5.74, 6) is 0. The molecule has 1 nitrogen and oxygen atoms in total. The van der Waals surface area contributed by atoms with E-state index in [4.69, 9.17) is 0 Å². The second-order valence-corrected chi connectivity index (χ2v) is 0.525.